The standard InChI is InChI=1S/C13H16N4O4S/c18-13(11-2-7-21-9-11)16-3-1-4-17(6-5-16)22(19,20)12-8-14-10-15-12/h2,7-10H,1,3-6H2,(H,14,15). The van der Waals surface area contributed by atoms with Crippen LogP contribution in [0.5, 0.6) is 0 Å². The summed E-state index contributed by atoms with van der Waals surface area (Å²) >= 11 is 0. The Balaban J connectivity index is 1.72. The first-order chi connectivity index (χ1) is 10.6. The zero-order chi connectivity index (χ0) is 15.6. The summed E-state index contributed by atoms with van der Waals surface area (Å²) in [5, 5.41) is 0.0714. The van der Waals surface area contributed by atoms with E-state index in [1.807, 2.05) is 0 Å². The van der Waals surface area contributed by atoms with Crippen molar-refractivity contribution in [2.24, 2.45) is 0 Å². The second kappa shape index (κ2) is 5.93. The Bertz CT molecular complexity index is 724. The maximum Gasteiger partial charge on any atom is 0.260 e. The summed E-state index contributed by atoms with van der Waals surface area (Å²) in [6.07, 6.45) is 6.04. The lowest BCUT2D eigenvalue weighted by molar-refractivity contribution is 0.0763. The summed E-state index contributed by atoms with van der Waals surface area (Å²) in [5.41, 5.74) is 0.477. The Morgan fingerprint density at radius 2 is 2.14 bits per heavy atom. The molecule has 22 heavy (non-hydrogen) atoms. The monoisotopic (exact) mass is 324 g/mol. The number of nitrogens with zero attached hydrogens (tertiary/aromatic N) is 3. The molecule has 118 valence electrons. The number of hydrogen-bond donors (Lipinski definition) is 1. The minimum atomic E-state index is -3.59. The Hall–Kier alpha value is -2.13. The molecule has 0 unspecified atom stereocenters. The van der Waals surface area contributed by atoms with Crippen molar-refractivity contribution < 1.29 is 17.6 Å². The zero-order valence-corrected chi connectivity index (χ0v) is 12.6. The number of nitrogens with one attached hydrogen (secondary N) is 1. The average molecular weight is 324 g/mol. The number of sulfonamides is 1. The molecule has 9 heteroatoms. The first-order valence-electron chi connectivity index (χ1n) is 6.89. The predicted molar refractivity (Wildman–Crippen MR) is 76.6 cm³/mol. The van der Waals surface area contributed by atoms with Gasteiger partial charge in [0.2, 0.25) is 0 Å². The summed E-state index contributed by atoms with van der Waals surface area (Å²) in [5.74, 6) is -0.144. The third-order valence-electron chi connectivity index (χ3n) is 3.60. The van der Waals surface area contributed by atoms with Gasteiger partial charge in [-0.3, -0.25) is 4.79 Å². The molecule has 0 atom stereocenters. The first kappa shape index (κ1) is 14.8. The normalized spacial score (nSPS) is 17.4. The number of carbonyl (C=O) groups is 1. The van der Waals surface area contributed by atoms with E-state index in [9.17, 15) is 13.2 Å². The summed E-state index contributed by atoms with van der Waals surface area (Å²) in [6, 6.07) is 1.60. The van der Waals surface area contributed by atoms with E-state index >= 15 is 0 Å². The second-order valence-electron chi connectivity index (χ2n) is 4.98. The molecule has 0 aliphatic carbocycles. The highest BCUT2D eigenvalue weighted by molar-refractivity contribution is 7.89. The van der Waals surface area contributed by atoms with Crippen LogP contribution in [0.3, 0.4) is 0 Å². The lowest BCUT2D eigenvalue weighted by Gasteiger charge is -2.21. The molecule has 0 spiro atoms. The van der Waals surface area contributed by atoms with Crippen LogP contribution in [0.15, 0.2) is 40.6 Å². The van der Waals surface area contributed by atoms with Gasteiger partial charge in [-0.1, -0.05) is 0 Å². The van der Waals surface area contributed by atoms with E-state index in [0.29, 0.717) is 31.6 Å². The Morgan fingerprint density at radius 3 is 2.82 bits per heavy atom. The molecule has 1 saturated heterocycles. The number of amides is 1. The number of imidazole rings is 1. The number of carbonyl (C=O) groups excluding carboxylic acids is 1. The van der Waals surface area contributed by atoms with E-state index in [0.717, 1.165) is 0 Å². The highest BCUT2D eigenvalue weighted by Crippen LogP contribution is 2.16. The molecule has 3 rings (SSSR count). The first-order valence-corrected chi connectivity index (χ1v) is 8.33. The molecule has 0 aromatic carbocycles. The van der Waals surface area contributed by atoms with Gasteiger partial charge in [0.05, 0.1) is 24.4 Å². The van der Waals surface area contributed by atoms with Crippen LogP contribution in [0.2, 0.25) is 0 Å². The smallest absolute Gasteiger partial charge is 0.260 e. The van der Waals surface area contributed by atoms with Crippen LogP contribution in [-0.4, -0.2) is 59.7 Å². The number of aromatic amines is 1. The van der Waals surface area contributed by atoms with E-state index in [-0.39, 0.29) is 17.5 Å². The molecule has 1 fully saturated rings. The molecule has 0 radical (unpaired) electrons. The van der Waals surface area contributed by atoms with Crippen LogP contribution in [0.25, 0.3) is 0 Å². The summed E-state index contributed by atoms with van der Waals surface area (Å²) in [6.45, 7) is 1.48. The largest absolute Gasteiger partial charge is 0.472 e. The van der Waals surface area contributed by atoms with E-state index < -0.39 is 10.0 Å². The molecule has 8 nitrogen and oxygen atoms in total. The molecule has 2 aromatic heterocycles. The molecule has 1 amide bonds. The average Bonchev–Trinajstić information content (AvgIpc) is 3.16. The summed E-state index contributed by atoms with van der Waals surface area (Å²) in [4.78, 5) is 20.3. The summed E-state index contributed by atoms with van der Waals surface area (Å²) < 4.78 is 31.2. The van der Waals surface area contributed by atoms with Crippen LogP contribution < -0.4 is 0 Å². The van der Waals surface area contributed by atoms with Crippen LogP contribution in [0.1, 0.15) is 16.8 Å². The number of furan rings is 1. The molecule has 1 N–H and O–H groups in total. The fourth-order valence-electron chi connectivity index (χ4n) is 2.43. The van der Waals surface area contributed by atoms with Crippen LogP contribution in [0.4, 0.5) is 0 Å². The van der Waals surface area contributed by atoms with Gasteiger partial charge in [-0.25, -0.2) is 13.4 Å². The Labute approximate surface area is 127 Å². The van der Waals surface area contributed by atoms with Gasteiger partial charge in [-0.15, -0.1) is 0 Å². The van der Waals surface area contributed by atoms with Crippen molar-refractivity contribution in [3.8, 4) is 0 Å². The molecular weight excluding hydrogens is 308 g/mol. The molecule has 0 bridgehead atoms. The third-order valence-corrected chi connectivity index (χ3v) is 5.43. The van der Waals surface area contributed by atoms with Crippen molar-refractivity contribution in [1.82, 2.24) is 19.2 Å². The minimum Gasteiger partial charge on any atom is -0.472 e. The molecule has 0 saturated carbocycles. The zero-order valence-electron chi connectivity index (χ0n) is 11.8. The van der Waals surface area contributed by atoms with Gasteiger partial charge in [-0.2, -0.15) is 4.31 Å². The SMILES string of the molecule is O=C(c1ccoc1)N1CCCN(S(=O)(=O)c2cnc[nH]2)CC1. The maximum atomic E-state index is 12.4. The minimum absolute atomic E-state index is 0.0714. The number of hydrogen-bond acceptors (Lipinski definition) is 5. The third kappa shape index (κ3) is 2.77. The fourth-order valence-corrected chi connectivity index (χ4v) is 3.79. The van der Waals surface area contributed by atoms with Crippen LogP contribution in [-0.2, 0) is 10.0 Å². The lowest BCUT2D eigenvalue weighted by Crippen LogP contribution is -2.37. The van der Waals surface area contributed by atoms with Crippen LogP contribution in [0, 0.1) is 0 Å². The number of rotatable bonds is 3. The highest BCUT2D eigenvalue weighted by atomic mass is 32.2. The van der Waals surface area contributed by atoms with E-state index in [1.54, 1.807) is 11.0 Å². The van der Waals surface area contributed by atoms with Crippen molar-refractivity contribution in [1.29, 1.82) is 0 Å². The molecule has 3 heterocycles. The van der Waals surface area contributed by atoms with Crippen molar-refractivity contribution in [2.75, 3.05) is 26.2 Å². The molecule has 2 aromatic rings. The van der Waals surface area contributed by atoms with Crippen molar-refractivity contribution in [3.05, 3.63) is 36.7 Å². The number of H-pyrrole nitrogens is 1. The van der Waals surface area contributed by atoms with Gasteiger partial charge in [0, 0.05) is 26.2 Å². The molecular formula is C13H16N4O4S. The van der Waals surface area contributed by atoms with E-state index in [4.69, 9.17) is 4.42 Å². The lowest BCUT2D eigenvalue weighted by atomic mass is 10.3. The fraction of sp³-hybridized carbons (Fsp3) is 0.385. The summed E-state index contributed by atoms with van der Waals surface area (Å²) in [7, 11) is -3.59. The number of aromatic nitrogens is 2. The van der Waals surface area contributed by atoms with Gasteiger partial charge >= 0.3 is 0 Å². The topological polar surface area (TPSA) is 99.5 Å². The van der Waals surface area contributed by atoms with Gasteiger partial charge in [-0.05, 0) is 12.5 Å². The molecule has 1 aliphatic heterocycles. The van der Waals surface area contributed by atoms with Gasteiger partial charge in [0.15, 0.2) is 5.03 Å². The van der Waals surface area contributed by atoms with E-state index in [2.05, 4.69) is 9.97 Å². The van der Waals surface area contributed by atoms with Crippen molar-refractivity contribution in [2.45, 2.75) is 11.4 Å². The Morgan fingerprint density at radius 1 is 1.27 bits per heavy atom. The van der Waals surface area contributed by atoms with Gasteiger partial charge in [0.25, 0.3) is 15.9 Å². The van der Waals surface area contributed by atoms with Crippen molar-refractivity contribution >= 4 is 15.9 Å². The van der Waals surface area contributed by atoms with Crippen molar-refractivity contribution in [3.63, 3.8) is 0 Å². The van der Waals surface area contributed by atoms with E-state index in [1.165, 1.54) is 29.4 Å². The van der Waals surface area contributed by atoms with Crippen LogP contribution >= 0.6 is 0 Å². The maximum absolute atomic E-state index is 12.4. The molecule has 1 aliphatic rings. The predicted octanol–water partition coefficient (Wildman–Crippen LogP) is 0.540. The van der Waals surface area contributed by atoms with Gasteiger partial charge < -0.3 is 14.3 Å². The quantitative estimate of drug-likeness (QED) is 0.888. The Kier molecular flexibility index (Phi) is 3.99. The highest BCUT2D eigenvalue weighted by Gasteiger charge is 2.29. The second-order valence-corrected chi connectivity index (χ2v) is 6.88. The van der Waals surface area contributed by atoms with Gasteiger partial charge in [0.1, 0.15) is 6.26 Å².